The summed E-state index contributed by atoms with van der Waals surface area (Å²) in [6.07, 6.45) is 0. The van der Waals surface area contributed by atoms with E-state index in [9.17, 15) is 10.1 Å². The molecule has 0 amide bonds. The monoisotopic (exact) mass is 268 g/mol. The van der Waals surface area contributed by atoms with Crippen molar-refractivity contribution in [3.8, 4) is 5.75 Å². The summed E-state index contributed by atoms with van der Waals surface area (Å²) in [6.45, 7) is 5.80. The molecule has 0 heterocycles. The lowest BCUT2D eigenvalue weighted by molar-refractivity contribution is -0.385. The Bertz CT molecular complexity index is 421. The van der Waals surface area contributed by atoms with Gasteiger partial charge in [0.05, 0.1) is 25.2 Å². The third kappa shape index (κ3) is 5.23. The van der Waals surface area contributed by atoms with E-state index in [0.717, 1.165) is 12.1 Å². The maximum Gasteiger partial charge on any atom is 0.311 e. The molecular formula is C13H20N2O4. The van der Waals surface area contributed by atoms with Gasteiger partial charge in [-0.1, -0.05) is 19.9 Å². The molecule has 6 nitrogen and oxygen atoms in total. The van der Waals surface area contributed by atoms with Crippen molar-refractivity contribution in [2.75, 3.05) is 20.3 Å². The van der Waals surface area contributed by atoms with Gasteiger partial charge in [0, 0.05) is 18.7 Å². The lowest BCUT2D eigenvalue weighted by Gasteiger charge is -2.09. The molecule has 0 bridgehead atoms. The topological polar surface area (TPSA) is 73.6 Å². The molecule has 0 atom stereocenters. The van der Waals surface area contributed by atoms with Gasteiger partial charge in [-0.2, -0.15) is 0 Å². The van der Waals surface area contributed by atoms with Crippen LogP contribution in [0, 0.1) is 10.1 Å². The first-order valence-corrected chi connectivity index (χ1v) is 6.17. The van der Waals surface area contributed by atoms with Gasteiger partial charge in [0.25, 0.3) is 0 Å². The van der Waals surface area contributed by atoms with Crippen LogP contribution in [0.3, 0.4) is 0 Å². The highest BCUT2D eigenvalue weighted by Gasteiger charge is 2.14. The van der Waals surface area contributed by atoms with E-state index in [4.69, 9.17) is 9.47 Å². The minimum atomic E-state index is -0.456. The zero-order valence-electron chi connectivity index (χ0n) is 11.5. The Kier molecular flexibility index (Phi) is 6.24. The Balaban J connectivity index is 2.50. The van der Waals surface area contributed by atoms with Crippen molar-refractivity contribution in [2.45, 2.75) is 26.5 Å². The number of nitro groups is 1. The van der Waals surface area contributed by atoms with Crippen LogP contribution in [0.25, 0.3) is 0 Å². The second kappa shape index (κ2) is 7.70. The van der Waals surface area contributed by atoms with Crippen molar-refractivity contribution in [1.29, 1.82) is 0 Å². The number of methoxy groups -OCH3 is 1. The summed E-state index contributed by atoms with van der Waals surface area (Å²) < 4.78 is 10.4. The highest BCUT2D eigenvalue weighted by atomic mass is 16.6. The minimum absolute atomic E-state index is 0.0381. The van der Waals surface area contributed by atoms with Gasteiger partial charge in [-0.25, -0.2) is 0 Å². The van der Waals surface area contributed by atoms with Crippen LogP contribution in [0.4, 0.5) is 5.69 Å². The number of benzene rings is 1. The molecule has 0 unspecified atom stereocenters. The van der Waals surface area contributed by atoms with E-state index < -0.39 is 4.92 Å². The quantitative estimate of drug-likeness (QED) is 0.444. The molecule has 1 N–H and O–H groups in total. The summed E-state index contributed by atoms with van der Waals surface area (Å²) in [7, 11) is 1.41. The maximum absolute atomic E-state index is 10.9. The maximum atomic E-state index is 10.9. The normalized spacial score (nSPS) is 10.7. The summed E-state index contributed by atoms with van der Waals surface area (Å²) in [5.41, 5.74) is 0.723. The van der Waals surface area contributed by atoms with Crippen molar-refractivity contribution < 1.29 is 14.4 Å². The largest absolute Gasteiger partial charge is 0.490 e. The molecule has 0 spiro atoms. The van der Waals surface area contributed by atoms with Crippen LogP contribution in [0.2, 0.25) is 0 Å². The molecule has 1 rings (SSSR count). The van der Waals surface area contributed by atoms with Crippen LogP contribution in [-0.2, 0) is 11.3 Å². The molecule has 1 aromatic carbocycles. The molecule has 6 heteroatoms. The van der Waals surface area contributed by atoms with Crippen LogP contribution in [0.5, 0.6) is 5.75 Å². The van der Waals surface area contributed by atoms with Gasteiger partial charge in [-0.15, -0.1) is 0 Å². The molecule has 0 saturated carbocycles. The molecule has 1 aromatic rings. The third-order valence-electron chi connectivity index (χ3n) is 2.51. The molecule has 0 saturated heterocycles. The van der Waals surface area contributed by atoms with Crippen molar-refractivity contribution in [3.05, 3.63) is 33.9 Å². The lowest BCUT2D eigenvalue weighted by Crippen LogP contribution is -2.26. The molecule has 0 fully saturated rings. The number of nitro benzene ring substituents is 1. The zero-order chi connectivity index (χ0) is 14.3. The summed E-state index contributed by atoms with van der Waals surface area (Å²) in [5.74, 6) is 0.259. The Morgan fingerprint density at radius 3 is 2.74 bits per heavy atom. The van der Waals surface area contributed by atoms with Crippen molar-refractivity contribution in [1.82, 2.24) is 5.32 Å². The van der Waals surface area contributed by atoms with E-state index in [2.05, 4.69) is 19.2 Å². The van der Waals surface area contributed by atoms with Crippen LogP contribution in [-0.4, -0.2) is 31.2 Å². The summed E-state index contributed by atoms with van der Waals surface area (Å²) >= 11 is 0. The van der Waals surface area contributed by atoms with Crippen molar-refractivity contribution >= 4 is 5.69 Å². The average molecular weight is 268 g/mol. The smallest absolute Gasteiger partial charge is 0.311 e. The van der Waals surface area contributed by atoms with Gasteiger partial charge in [0.1, 0.15) is 0 Å². The molecule has 0 aliphatic rings. The van der Waals surface area contributed by atoms with E-state index in [1.807, 2.05) is 0 Å². The van der Waals surface area contributed by atoms with Crippen LogP contribution < -0.4 is 10.1 Å². The lowest BCUT2D eigenvalue weighted by atomic mass is 10.2. The number of hydrogen-bond acceptors (Lipinski definition) is 5. The molecule has 0 aliphatic heterocycles. The fourth-order valence-electron chi connectivity index (χ4n) is 1.58. The first-order valence-electron chi connectivity index (χ1n) is 6.17. The van der Waals surface area contributed by atoms with Crippen molar-refractivity contribution in [2.24, 2.45) is 0 Å². The van der Waals surface area contributed by atoms with Gasteiger partial charge in [-0.3, -0.25) is 10.1 Å². The number of hydrogen-bond donors (Lipinski definition) is 1. The van der Waals surface area contributed by atoms with E-state index in [-0.39, 0.29) is 11.4 Å². The molecule has 106 valence electrons. The molecule has 0 radical (unpaired) electrons. The average Bonchev–Trinajstić information content (AvgIpc) is 2.37. The number of rotatable bonds is 8. The number of ether oxygens (including phenoxy) is 2. The highest BCUT2D eigenvalue weighted by Crippen LogP contribution is 2.27. The molecule has 19 heavy (non-hydrogen) atoms. The van der Waals surface area contributed by atoms with Crippen LogP contribution >= 0.6 is 0 Å². The van der Waals surface area contributed by atoms with Gasteiger partial charge in [0.2, 0.25) is 0 Å². The van der Waals surface area contributed by atoms with Gasteiger partial charge >= 0.3 is 5.69 Å². The van der Waals surface area contributed by atoms with Crippen LogP contribution in [0.1, 0.15) is 19.4 Å². The second-order valence-electron chi connectivity index (χ2n) is 4.42. The van der Waals surface area contributed by atoms with Crippen molar-refractivity contribution in [3.63, 3.8) is 0 Å². The first-order chi connectivity index (χ1) is 9.04. The summed E-state index contributed by atoms with van der Waals surface area (Å²) in [6, 6.07) is 5.25. The fourth-order valence-corrected chi connectivity index (χ4v) is 1.58. The van der Waals surface area contributed by atoms with Gasteiger partial charge < -0.3 is 14.8 Å². The predicted molar refractivity (Wildman–Crippen MR) is 72.4 cm³/mol. The zero-order valence-corrected chi connectivity index (χ0v) is 11.5. The first kappa shape index (κ1) is 15.4. The van der Waals surface area contributed by atoms with Gasteiger partial charge in [-0.05, 0) is 11.6 Å². The summed E-state index contributed by atoms with van der Waals surface area (Å²) in [4.78, 5) is 10.4. The van der Waals surface area contributed by atoms with Crippen LogP contribution in [0.15, 0.2) is 18.2 Å². The summed E-state index contributed by atoms with van der Waals surface area (Å²) in [5, 5.41) is 14.1. The van der Waals surface area contributed by atoms with E-state index in [0.29, 0.717) is 19.3 Å². The standard InChI is InChI=1S/C13H20N2O4/c1-10(2)14-6-7-19-9-11-4-5-13(18-3)12(8-11)15(16)17/h4-5,8,10,14H,6-7,9H2,1-3H3. The van der Waals surface area contributed by atoms with E-state index in [1.54, 1.807) is 12.1 Å². The Morgan fingerprint density at radius 1 is 1.42 bits per heavy atom. The molecular weight excluding hydrogens is 248 g/mol. The third-order valence-corrected chi connectivity index (χ3v) is 2.51. The Morgan fingerprint density at radius 2 is 2.16 bits per heavy atom. The predicted octanol–water partition coefficient (Wildman–Crippen LogP) is 2.12. The highest BCUT2D eigenvalue weighted by molar-refractivity contribution is 5.48. The molecule has 0 aliphatic carbocycles. The number of nitrogens with one attached hydrogen (secondary N) is 1. The minimum Gasteiger partial charge on any atom is -0.490 e. The SMILES string of the molecule is COc1ccc(COCCNC(C)C)cc1[N+](=O)[O-]. The fraction of sp³-hybridized carbons (Fsp3) is 0.538. The van der Waals surface area contributed by atoms with Gasteiger partial charge in [0.15, 0.2) is 5.75 Å². The van der Waals surface area contributed by atoms with E-state index in [1.165, 1.54) is 13.2 Å². The van der Waals surface area contributed by atoms with E-state index >= 15 is 0 Å². The molecule has 0 aromatic heterocycles. The number of nitrogens with zero attached hydrogens (tertiary/aromatic N) is 1. The second-order valence-corrected chi connectivity index (χ2v) is 4.42. The Hall–Kier alpha value is -1.66. The Labute approximate surface area is 112 Å².